The Morgan fingerprint density at radius 2 is 2.06 bits per heavy atom. The van der Waals surface area contributed by atoms with Crippen molar-refractivity contribution in [3.05, 3.63) is 65.6 Å². The minimum atomic E-state index is -0.243. The van der Waals surface area contributed by atoms with Crippen molar-refractivity contribution in [3.8, 4) is 23.1 Å². The van der Waals surface area contributed by atoms with Crippen molar-refractivity contribution in [2.24, 2.45) is 5.92 Å². The van der Waals surface area contributed by atoms with Crippen LogP contribution in [0.5, 0.6) is 5.75 Å². The van der Waals surface area contributed by atoms with Gasteiger partial charge in [-0.1, -0.05) is 18.0 Å². The molecule has 0 radical (unpaired) electrons. The largest absolute Gasteiger partial charge is 0.507 e. The monoisotopic (exact) mass is 449 g/mol. The molecule has 3 N–H and O–H groups in total. The Kier molecular flexibility index (Phi) is 6.62. The third kappa shape index (κ3) is 5.21. The standard InChI is InChI=1S/C24H24ClN5O2/c25-18-6-9-23(31)21(11-18)22-13-27-15-30(22)14-17-2-1-3-20(10-17)29-24(32)28-19-7-4-16(12-26)5-8-19/h4-9,11,13,15,17,20,31H,1-3,10,14H2,(H2,28,29,32)/t17-,20+/m1/s1. The highest BCUT2D eigenvalue weighted by Gasteiger charge is 2.24. The van der Waals surface area contributed by atoms with Gasteiger partial charge in [0.15, 0.2) is 0 Å². The molecule has 2 amide bonds. The van der Waals surface area contributed by atoms with Gasteiger partial charge in [-0.25, -0.2) is 9.78 Å². The Hall–Kier alpha value is -3.50. The van der Waals surface area contributed by atoms with E-state index in [1.165, 1.54) is 0 Å². The average Bonchev–Trinajstić information content (AvgIpc) is 3.24. The number of amides is 2. The number of nitriles is 1. The first-order valence-corrected chi connectivity index (χ1v) is 11.0. The van der Waals surface area contributed by atoms with Crippen molar-refractivity contribution in [1.29, 1.82) is 5.26 Å². The molecule has 1 aromatic heterocycles. The van der Waals surface area contributed by atoms with E-state index in [1.54, 1.807) is 55.0 Å². The van der Waals surface area contributed by atoms with Gasteiger partial charge < -0.3 is 20.3 Å². The number of hydrogen-bond donors (Lipinski definition) is 3. The second-order valence-corrected chi connectivity index (χ2v) is 8.55. The molecular weight excluding hydrogens is 426 g/mol. The topological polar surface area (TPSA) is 103 Å². The van der Waals surface area contributed by atoms with Gasteiger partial charge in [-0.2, -0.15) is 5.26 Å². The highest BCUT2D eigenvalue weighted by Crippen LogP contribution is 2.33. The zero-order valence-electron chi connectivity index (χ0n) is 17.5. The van der Waals surface area contributed by atoms with Gasteiger partial charge in [-0.15, -0.1) is 0 Å². The average molecular weight is 450 g/mol. The quantitative estimate of drug-likeness (QED) is 0.500. The molecule has 3 aromatic rings. The number of phenols is 1. The second-order valence-electron chi connectivity index (χ2n) is 8.11. The number of carbonyl (C=O) groups is 1. The van der Waals surface area contributed by atoms with Gasteiger partial charge in [0.05, 0.1) is 29.9 Å². The number of imidazole rings is 1. The lowest BCUT2D eigenvalue weighted by atomic mass is 9.85. The lowest BCUT2D eigenvalue weighted by molar-refractivity contribution is 0.231. The van der Waals surface area contributed by atoms with E-state index in [0.29, 0.717) is 27.8 Å². The first-order chi connectivity index (χ1) is 15.5. The van der Waals surface area contributed by atoms with E-state index in [2.05, 4.69) is 21.7 Å². The molecule has 0 unspecified atom stereocenters. The van der Waals surface area contributed by atoms with Gasteiger partial charge >= 0.3 is 6.03 Å². The Morgan fingerprint density at radius 1 is 1.25 bits per heavy atom. The zero-order chi connectivity index (χ0) is 22.5. The molecule has 0 spiro atoms. The van der Waals surface area contributed by atoms with Crippen LogP contribution >= 0.6 is 11.6 Å². The number of halogens is 1. The summed E-state index contributed by atoms with van der Waals surface area (Å²) in [7, 11) is 0. The third-order valence-corrected chi connectivity index (χ3v) is 6.03. The maximum absolute atomic E-state index is 12.4. The lowest BCUT2D eigenvalue weighted by Crippen LogP contribution is -2.41. The second kappa shape index (κ2) is 9.75. The van der Waals surface area contributed by atoms with Crippen LogP contribution in [0.4, 0.5) is 10.5 Å². The first kappa shape index (κ1) is 21.7. The summed E-state index contributed by atoms with van der Waals surface area (Å²) in [5, 5.41) is 25.6. The number of nitrogens with one attached hydrogen (secondary N) is 2. The fourth-order valence-corrected chi connectivity index (χ4v) is 4.42. The molecule has 2 aromatic carbocycles. The number of phenolic OH excluding ortho intramolecular Hbond substituents is 1. The Bertz CT molecular complexity index is 1140. The Labute approximate surface area is 191 Å². The summed E-state index contributed by atoms with van der Waals surface area (Å²) in [6, 6.07) is 13.7. The van der Waals surface area contributed by atoms with Crippen molar-refractivity contribution in [2.75, 3.05) is 5.32 Å². The number of hydrogen-bond acceptors (Lipinski definition) is 4. The lowest BCUT2D eigenvalue weighted by Gasteiger charge is -2.30. The molecule has 0 aliphatic heterocycles. The smallest absolute Gasteiger partial charge is 0.319 e. The molecule has 4 rings (SSSR count). The summed E-state index contributed by atoms with van der Waals surface area (Å²) >= 11 is 6.12. The highest BCUT2D eigenvalue weighted by atomic mass is 35.5. The minimum Gasteiger partial charge on any atom is -0.507 e. The van der Waals surface area contributed by atoms with Crippen LogP contribution < -0.4 is 10.6 Å². The van der Waals surface area contributed by atoms with Gasteiger partial charge in [-0.05, 0) is 67.6 Å². The molecule has 1 saturated carbocycles. The predicted molar refractivity (Wildman–Crippen MR) is 123 cm³/mol. The van der Waals surface area contributed by atoms with E-state index in [4.69, 9.17) is 16.9 Å². The van der Waals surface area contributed by atoms with Crippen molar-refractivity contribution in [3.63, 3.8) is 0 Å². The molecule has 8 heteroatoms. The summed E-state index contributed by atoms with van der Waals surface area (Å²) < 4.78 is 2.04. The van der Waals surface area contributed by atoms with Crippen LogP contribution in [0, 0.1) is 17.2 Å². The van der Waals surface area contributed by atoms with E-state index in [1.807, 2.05) is 4.57 Å². The molecule has 32 heavy (non-hydrogen) atoms. The van der Waals surface area contributed by atoms with Crippen LogP contribution in [0.25, 0.3) is 11.3 Å². The number of urea groups is 1. The van der Waals surface area contributed by atoms with Gasteiger partial charge in [0.1, 0.15) is 5.75 Å². The fraction of sp³-hybridized carbons (Fsp3) is 0.292. The van der Waals surface area contributed by atoms with Crippen LogP contribution in [-0.2, 0) is 6.54 Å². The molecule has 164 valence electrons. The summed E-state index contributed by atoms with van der Waals surface area (Å²) in [6.45, 7) is 0.747. The van der Waals surface area contributed by atoms with Crippen LogP contribution in [0.1, 0.15) is 31.2 Å². The summed E-state index contributed by atoms with van der Waals surface area (Å²) in [6.07, 6.45) is 7.38. The molecule has 1 heterocycles. The Morgan fingerprint density at radius 3 is 2.84 bits per heavy atom. The van der Waals surface area contributed by atoms with Crippen molar-refractivity contribution < 1.29 is 9.90 Å². The summed E-state index contributed by atoms with van der Waals surface area (Å²) in [5.41, 5.74) is 2.68. The maximum atomic E-state index is 12.4. The molecule has 0 bridgehead atoms. The van der Waals surface area contributed by atoms with Crippen LogP contribution in [-0.4, -0.2) is 26.7 Å². The fourth-order valence-electron chi connectivity index (χ4n) is 4.25. The van der Waals surface area contributed by atoms with Gasteiger partial charge in [0, 0.05) is 28.9 Å². The van der Waals surface area contributed by atoms with Crippen molar-refractivity contribution in [2.45, 2.75) is 38.3 Å². The van der Waals surface area contributed by atoms with E-state index in [-0.39, 0.29) is 17.8 Å². The van der Waals surface area contributed by atoms with Crippen LogP contribution in [0.2, 0.25) is 5.02 Å². The van der Waals surface area contributed by atoms with E-state index >= 15 is 0 Å². The molecule has 0 saturated heterocycles. The highest BCUT2D eigenvalue weighted by molar-refractivity contribution is 6.30. The minimum absolute atomic E-state index is 0.0821. The van der Waals surface area contributed by atoms with Crippen molar-refractivity contribution in [1.82, 2.24) is 14.9 Å². The van der Waals surface area contributed by atoms with Gasteiger partial charge in [0.2, 0.25) is 0 Å². The molecule has 1 fully saturated rings. The Balaban J connectivity index is 1.37. The number of benzene rings is 2. The normalized spacial score (nSPS) is 18.0. The summed E-state index contributed by atoms with van der Waals surface area (Å²) in [4.78, 5) is 16.7. The molecule has 2 atom stereocenters. The zero-order valence-corrected chi connectivity index (χ0v) is 18.2. The molecule has 1 aliphatic carbocycles. The van der Waals surface area contributed by atoms with Gasteiger partial charge in [0.25, 0.3) is 0 Å². The SMILES string of the molecule is N#Cc1ccc(NC(=O)N[C@H]2CCC[C@@H](Cn3cncc3-c3cc(Cl)ccc3O)C2)cc1. The molecular formula is C24H24ClN5O2. The summed E-state index contributed by atoms with van der Waals surface area (Å²) in [5.74, 6) is 0.539. The predicted octanol–water partition coefficient (Wildman–Crippen LogP) is 5.16. The molecule has 7 nitrogen and oxygen atoms in total. The maximum Gasteiger partial charge on any atom is 0.319 e. The number of carbonyl (C=O) groups excluding carboxylic acids is 1. The van der Waals surface area contributed by atoms with E-state index in [0.717, 1.165) is 37.9 Å². The third-order valence-electron chi connectivity index (χ3n) is 5.79. The van der Waals surface area contributed by atoms with Crippen molar-refractivity contribution >= 4 is 23.3 Å². The number of aromatic nitrogens is 2. The first-order valence-electron chi connectivity index (χ1n) is 10.6. The van der Waals surface area contributed by atoms with E-state index in [9.17, 15) is 9.90 Å². The van der Waals surface area contributed by atoms with Crippen LogP contribution in [0.3, 0.4) is 0 Å². The number of rotatable bonds is 5. The number of aromatic hydroxyl groups is 1. The molecule has 1 aliphatic rings. The van der Waals surface area contributed by atoms with Gasteiger partial charge in [-0.3, -0.25) is 0 Å². The van der Waals surface area contributed by atoms with Crippen LogP contribution in [0.15, 0.2) is 55.0 Å². The van der Waals surface area contributed by atoms with E-state index < -0.39 is 0 Å². The number of anilines is 1. The number of nitrogens with zero attached hydrogens (tertiary/aromatic N) is 3.